The van der Waals surface area contributed by atoms with Gasteiger partial charge in [0.15, 0.2) is 0 Å². The lowest BCUT2D eigenvalue weighted by molar-refractivity contribution is -0.123. The zero-order chi connectivity index (χ0) is 22.2. The summed E-state index contributed by atoms with van der Waals surface area (Å²) in [6.45, 7) is 5.45. The molecule has 2 heterocycles. The number of nitrogens with zero attached hydrogens (tertiary/aromatic N) is 2. The van der Waals surface area contributed by atoms with E-state index in [0.717, 1.165) is 50.5 Å². The van der Waals surface area contributed by atoms with Gasteiger partial charge in [-0.2, -0.15) is 4.31 Å². The van der Waals surface area contributed by atoms with Gasteiger partial charge in [-0.1, -0.05) is 12.5 Å². The Hall–Kier alpha value is -1.93. The molecular weight excluding hydrogens is 414 g/mol. The van der Waals surface area contributed by atoms with Crippen molar-refractivity contribution in [2.45, 2.75) is 75.8 Å². The third-order valence-corrected chi connectivity index (χ3v) is 8.87. The van der Waals surface area contributed by atoms with Gasteiger partial charge in [0.1, 0.15) is 0 Å². The van der Waals surface area contributed by atoms with Gasteiger partial charge in [0.05, 0.1) is 4.90 Å². The summed E-state index contributed by atoms with van der Waals surface area (Å²) in [5.41, 5.74) is 1.23. The van der Waals surface area contributed by atoms with Crippen LogP contribution in [0.25, 0.3) is 0 Å². The van der Waals surface area contributed by atoms with Gasteiger partial charge in [0.2, 0.25) is 15.9 Å². The first-order valence-electron chi connectivity index (χ1n) is 11.5. The molecule has 2 aliphatic heterocycles. The summed E-state index contributed by atoms with van der Waals surface area (Å²) in [7, 11) is -3.62. The first-order chi connectivity index (χ1) is 14.8. The molecule has 1 saturated carbocycles. The number of hydrogen-bond donors (Lipinski definition) is 1. The van der Waals surface area contributed by atoms with Gasteiger partial charge >= 0.3 is 0 Å². The van der Waals surface area contributed by atoms with Crippen molar-refractivity contribution in [2.24, 2.45) is 5.92 Å². The third-order valence-electron chi connectivity index (χ3n) is 6.86. The van der Waals surface area contributed by atoms with Gasteiger partial charge in [-0.3, -0.25) is 9.59 Å². The molecule has 4 rings (SSSR count). The maximum Gasteiger partial charge on any atom is 0.254 e. The zero-order valence-corrected chi connectivity index (χ0v) is 19.3. The van der Waals surface area contributed by atoms with E-state index in [-0.39, 0.29) is 34.7 Å². The Bertz CT molecular complexity index is 950. The fourth-order valence-electron chi connectivity index (χ4n) is 4.62. The summed E-state index contributed by atoms with van der Waals surface area (Å²) >= 11 is 0. The lowest BCUT2D eigenvalue weighted by Crippen LogP contribution is -2.47. The summed E-state index contributed by atoms with van der Waals surface area (Å²) in [5.74, 6) is 0.202. The molecule has 1 aliphatic carbocycles. The molecule has 0 spiro atoms. The molecule has 0 bridgehead atoms. The Morgan fingerprint density at radius 2 is 1.71 bits per heavy atom. The van der Waals surface area contributed by atoms with E-state index in [0.29, 0.717) is 25.2 Å². The molecule has 0 radical (unpaired) electrons. The van der Waals surface area contributed by atoms with Gasteiger partial charge in [-0.15, -0.1) is 0 Å². The number of carbonyl (C=O) groups excluding carboxylic acids is 2. The second kappa shape index (κ2) is 8.90. The van der Waals surface area contributed by atoms with E-state index >= 15 is 0 Å². The normalized spacial score (nSPS) is 23.5. The van der Waals surface area contributed by atoms with Crippen molar-refractivity contribution < 1.29 is 18.0 Å². The average Bonchev–Trinajstić information content (AvgIpc) is 3.60. The van der Waals surface area contributed by atoms with Crippen molar-refractivity contribution in [3.05, 3.63) is 29.3 Å². The van der Waals surface area contributed by atoms with Crippen molar-refractivity contribution in [1.82, 2.24) is 14.5 Å². The predicted molar refractivity (Wildman–Crippen MR) is 118 cm³/mol. The zero-order valence-electron chi connectivity index (χ0n) is 18.5. The van der Waals surface area contributed by atoms with E-state index in [9.17, 15) is 18.0 Å². The number of carbonyl (C=O) groups is 2. The second-order valence-corrected chi connectivity index (χ2v) is 11.2. The van der Waals surface area contributed by atoms with Crippen LogP contribution in [-0.2, 0) is 14.8 Å². The van der Waals surface area contributed by atoms with E-state index in [1.54, 1.807) is 27.4 Å². The van der Waals surface area contributed by atoms with Crippen LogP contribution in [0.15, 0.2) is 23.1 Å². The minimum Gasteiger partial charge on any atom is -0.353 e. The highest BCUT2D eigenvalue weighted by atomic mass is 32.2. The van der Waals surface area contributed by atoms with Crippen molar-refractivity contribution in [2.75, 3.05) is 19.6 Å². The molecule has 7 nitrogen and oxygen atoms in total. The minimum atomic E-state index is -3.62. The number of rotatable bonds is 5. The van der Waals surface area contributed by atoms with E-state index in [1.165, 1.54) is 0 Å². The van der Waals surface area contributed by atoms with Crippen LogP contribution in [0.1, 0.15) is 67.8 Å². The number of nitrogens with one attached hydrogen (secondary N) is 1. The maximum atomic E-state index is 13.2. The largest absolute Gasteiger partial charge is 0.353 e. The Morgan fingerprint density at radius 3 is 2.35 bits per heavy atom. The van der Waals surface area contributed by atoms with Crippen LogP contribution in [-0.4, -0.2) is 61.2 Å². The summed E-state index contributed by atoms with van der Waals surface area (Å²) in [6.07, 6.45) is 6.20. The molecule has 0 aromatic heterocycles. The van der Waals surface area contributed by atoms with Gasteiger partial charge in [-0.05, 0) is 70.1 Å². The maximum absolute atomic E-state index is 13.2. The molecule has 1 aromatic rings. The number of benzene rings is 1. The molecule has 1 aromatic carbocycles. The van der Waals surface area contributed by atoms with Crippen LogP contribution in [0.2, 0.25) is 0 Å². The molecule has 3 aliphatic rings. The summed E-state index contributed by atoms with van der Waals surface area (Å²) in [4.78, 5) is 27.2. The van der Waals surface area contributed by atoms with E-state index in [4.69, 9.17) is 0 Å². The lowest BCUT2D eigenvalue weighted by atomic mass is 10.0. The molecule has 8 heteroatoms. The van der Waals surface area contributed by atoms with Crippen LogP contribution < -0.4 is 5.32 Å². The molecule has 1 atom stereocenters. The first-order valence-corrected chi connectivity index (χ1v) is 12.9. The van der Waals surface area contributed by atoms with Gasteiger partial charge in [-0.25, -0.2) is 8.42 Å². The molecule has 31 heavy (non-hydrogen) atoms. The minimum absolute atomic E-state index is 0.0240. The molecule has 3 fully saturated rings. The molecular formula is C23H33N3O4S. The number of hydrogen-bond acceptors (Lipinski definition) is 4. The Labute approximate surface area is 185 Å². The highest BCUT2D eigenvalue weighted by molar-refractivity contribution is 7.89. The number of piperidine rings is 2. The van der Waals surface area contributed by atoms with E-state index < -0.39 is 10.0 Å². The van der Waals surface area contributed by atoms with Crippen LogP contribution >= 0.6 is 0 Å². The molecule has 2 saturated heterocycles. The number of amides is 2. The summed E-state index contributed by atoms with van der Waals surface area (Å²) in [5, 5.41) is 3.10. The Balaban J connectivity index is 1.45. The second-order valence-electron chi connectivity index (χ2n) is 9.29. The highest BCUT2D eigenvalue weighted by Crippen LogP contribution is 2.30. The molecule has 1 unspecified atom stereocenters. The van der Waals surface area contributed by atoms with Crippen LogP contribution in [0.4, 0.5) is 0 Å². The van der Waals surface area contributed by atoms with Gasteiger partial charge in [0.25, 0.3) is 5.91 Å². The van der Waals surface area contributed by atoms with Crippen molar-refractivity contribution in [3.63, 3.8) is 0 Å². The highest BCUT2D eigenvalue weighted by Gasteiger charge is 2.34. The van der Waals surface area contributed by atoms with Crippen LogP contribution in [0.3, 0.4) is 0 Å². The quantitative estimate of drug-likeness (QED) is 0.752. The Morgan fingerprint density at radius 1 is 1.00 bits per heavy atom. The molecule has 2 amide bonds. The van der Waals surface area contributed by atoms with Crippen molar-refractivity contribution in [3.8, 4) is 0 Å². The third kappa shape index (κ3) is 4.80. The van der Waals surface area contributed by atoms with Crippen molar-refractivity contribution >= 4 is 21.8 Å². The van der Waals surface area contributed by atoms with Crippen LogP contribution in [0.5, 0.6) is 0 Å². The van der Waals surface area contributed by atoms with Crippen molar-refractivity contribution in [1.29, 1.82) is 0 Å². The van der Waals surface area contributed by atoms with Crippen LogP contribution in [0, 0.1) is 12.8 Å². The van der Waals surface area contributed by atoms with Gasteiger partial charge in [0, 0.05) is 43.2 Å². The van der Waals surface area contributed by atoms with E-state index in [2.05, 4.69) is 5.32 Å². The first kappa shape index (κ1) is 22.3. The predicted octanol–water partition coefficient (Wildman–Crippen LogP) is 2.69. The molecule has 170 valence electrons. The average molecular weight is 448 g/mol. The van der Waals surface area contributed by atoms with Gasteiger partial charge < -0.3 is 10.2 Å². The number of likely N-dealkylation sites (tertiary alicyclic amines) is 1. The summed E-state index contributed by atoms with van der Waals surface area (Å²) < 4.78 is 28.0. The number of aryl methyl sites for hydroxylation is 1. The lowest BCUT2D eigenvalue weighted by Gasteiger charge is -2.33. The molecule has 1 N–H and O–H groups in total. The smallest absolute Gasteiger partial charge is 0.254 e. The topological polar surface area (TPSA) is 86.8 Å². The SMILES string of the molecule is Cc1ccc(S(=O)(=O)N2CCCCC2C)cc1C(=O)N1CCC(NC(=O)C2CC2)CC1. The fraction of sp³-hybridized carbons (Fsp3) is 0.652. The van der Waals surface area contributed by atoms with E-state index in [1.807, 2.05) is 13.8 Å². The Kier molecular flexibility index (Phi) is 6.40. The standard InChI is InChI=1S/C23H33N3O4S/c1-16-6-9-20(31(29,30)26-12-4-3-5-17(26)2)15-21(16)23(28)25-13-10-19(11-14-25)24-22(27)18-7-8-18/h6,9,15,17-19H,3-5,7-8,10-14H2,1-2H3,(H,24,27). The number of sulfonamides is 1. The summed E-state index contributed by atoms with van der Waals surface area (Å²) in [6, 6.07) is 4.99. The fourth-order valence-corrected chi connectivity index (χ4v) is 6.34. The monoisotopic (exact) mass is 447 g/mol.